The fraction of sp³-hybridized carbons (Fsp3) is 0.400. The number of methoxy groups -OCH3 is 2. The van der Waals surface area contributed by atoms with Crippen LogP contribution in [0.2, 0.25) is 0 Å². The van der Waals surface area contributed by atoms with Crippen LogP contribution >= 0.6 is 0 Å². The van der Waals surface area contributed by atoms with Gasteiger partial charge in [0.1, 0.15) is 11.9 Å². The van der Waals surface area contributed by atoms with Gasteiger partial charge in [0.2, 0.25) is 5.91 Å². The molecular weight excluding hydrogens is 434 g/mol. The van der Waals surface area contributed by atoms with Crippen molar-refractivity contribution in [3.05, 3.63) is 36.4 Å². The van der Waals surface area contributed by atoms with Crippen molar-refractivity contribution in [3.8, 4) is 22.9 Å². The van der Waals surface area contributed by atoms with Crippen LogP contribution in [0.15, 0.2) is 36.4 Å². The number of nitrogens with zero attached hydrogens (tertiary/aromatic N) is 4. The second-order valence-corrected chi connectivity index (χ2v) is 8.46. The fourth-order valence-corrected chi connectivity index (χ4v) is 4.82. The van der Waals surface area contributed by atoms with Crippen molar-refractivity contribution < 1.29 is 19.0 Å². The van der Waals surface area contributed by atoms with Crippen LogP contribution in [-0.4, -0.2) is 73.9 Å². The molecule has 1 amide bonds. The summed E-state index contributed by atoms with van der Waals surface area (Å²) in [4.78, 5) is 26.9. The molecule has 1 aromatic heterocycles. The van der Waals surface area contributed by atoms with Gasteiger partial charge in [-0.05, 0) is 31.0 Å². The first-order valence-corrected chi connectivity index (χ1v) is 11.5. The van der Waals surface area contributed by atoms with Gasteiger partial charge in [0.25, 0.3) is 0 Å². The van der Waals surface area contributed by atoms with Gasteiger partial charge < -0.3 is 29.7 Å². The molecule has 2 fully saturated rings. The molecule has 0 radical (unpaired) electrons. The number of amides is 1. The summed E-state index contributed by atoms with van der Waals surface area (Å²) in [5, 5.41) is 0.695. The van der Waals surface area contributed by atoms with Crippen LogP contribution in [0.3, 0.4) is 0 Å². The highest BCUT2D eigenvalue weighted by molar-refractivity contribution is 5.93. The first kappa shape index (κ1) is 22.2. The third-order valence-electron chi connectivity index (χ3n) is 6.55. The van der Waals surface area contributed by atoms with Gasteiger partial charge in [-0.1, -0.05) is 12.1 Å². The highest BCUT2D eigenvalue weighted by Crippen LogP contribution is 2.38. The fourth-order valence-electron chi connectivity index (χ4n) is 4.82. The van der Waals surface area contributed by atoms with Crippen LogP contribution in [0.25, 0.3) is 22.3 Å². The van der Waals surface area contributed by atoms with Crippen molar-refractivity contribution >= 4 is 28.3 Å². The molecule has 1 atom stereocenters. The van der Waals surface area contributed by atoms with Crippen LogP contribution < -0.4 is 20.1 Å². The lowest BCUT2D eigenvalue weighted by Gasteiger charge is -2.34. The molecule has 0 saturated carbocycles. The van der Waals surface area contributed by atoms with E-state index in [0.29, 0.717) is 60.3 Å². The summed E-state index contributed by atoms with van der Waals surface area (Å²) in [5.41, 5.74) is 8.79. The quantitative estimate of drug-likeness (QED) is 0.616. The summed E-state index contributed by atoms with van der Waals surface area (Å²) in [5.74, 6) is 2.17. The Morgan fingerprint density at radius 2 is 1.79 bits per heavy atom. The van der Waals surface area contributed by atoms with Crippen molar-refractivity contribution in [2.45, 2.75) is 18.9 Å². The summed E-state index contributed by atoms with van der Waals surface area (Å²) >= 11 is 0. The van der Waals surface area contributed by atoms with Crippen molar-refractivity contribution in [2.75, 3.05) is 57.7 Å². The van der Waals surface area contributed by atoms with Crippen LogP contribution in [0.1, 0.15) is 12.8 Å². The normalized spacial score (nSPS) is 18.4. The highest BCUT2D eigenvalue weighted by atomic mass is 16.5. The van der Waals surface area contributed by atoms with E-state index in [0.717, 1.165) is 30.6 Å². The minimum atomic E-state index is -0.207. The number of rotatable bonds is 5. The number of nitrogen functional groups attached to an aromatic ring is 1. The van der Waals surface area contributed by atoms with Crippen molar-refractivity contribution in [3.63, 3.8) is 0 Å². The van der Waals surface area contributed by atoms with Crippen LogP contribution in [0.4, 0.5) is 11.5 Å². The molecule has 2 aliphatic heterocycles. The van der Waals surface area contributed by atoms with E-state index in [1.54, 1.807) is 26.4 Å². The van der Waals surface area contributed by atoms with E-state index in [2.05, 4.69) is 9.88 Å². The van der Waals surface area contributed by atoms with Gasteiger partial charge in [0, 0.05) is 42.3 Å². The monoisotopic (exact) mass is 463 g/mol. The van der Waals surface area contributed by atoms with Gasteiger partial charge in [-0.2, -0.15) is 0 Å². The van der Waals surface area contributed by atoms with Crippen molar-refractivity contribution in [2.24, 2.45) is 0 Å². The molecule has 2 aliphatic rings. The number of nitrogens with two attached hydrogens (primary N) is 1. The van der Waals surface area contributed by atoms with E-state index in [-0.39, 0.29) is 11.9 Å². The number of anilines is 2. The highest BCUT2D eigenvalue weighted by Gasteiger charge is 2.35. The minimum Gasteiger partial charge on any atom is -0.493 e. The predicted molar refractivity (Wildman–Crippen MR) is 130 cm³/mol. The number of aromatic nitrogens is 2. The second-order valence-electron chi connectivity index (χ2n) is 8.46. The minimum absolute atomic E-state index is 0.159. The molecule has 9 heteroatoms. The Bertz CT molecular complexity index is 1210. The average Bonchev–Trinajstić information content (AvgIpc) is 3.37. The van der Waals surface area contributed by atoms with Crippen LogP contribution in [0, 0.1) is 0 Å². The predicted octanol–water partition coefficient (Wildman–Crippen LogP) is 2.72. The molecule has 0 unspecified atom stereocenters. The lowest BCUT2D eigenvalue weighted by Crippen LogP contribution is -2.49. The third kappa shape index (κ3) is 3.96. The molecule has 3 aromatic rings. The topological polar surface area (TPSA) is 103 Å². The number of ether oxygens (including phenoxy) is 3. The van der Waals surface area contributed by atoms with E-state index in [1.807, 2.05) is 29.2 Å². The van der Waals surface area contributed by atoms with E-state index in [9.17, 15) is 4.79 Å². The van der Waals surface area contributed by atoms with Gasteiger partial charge in [-0.3, -0.25) is 4.79 Å². The average molecular weight is 464 g/mol. The van der Waals surface area contributed by atoms with E-state index < -0.39 is 0 Å². The number of hydrogen-bond donors (Lipinski definition) is 1. The second kappa shape index (κ2) is 9.34. The van der Waals surface area contributed by atoms with E-state index >= 15 is 0 Å². The first-order chi connectivity index (χ1) is 16.6. The summed E-state index contributed by atoms with van der Waals surface area (Å²) in [6, 6.07) is 11.3. The Kier molecular flexibility index (Phi) is 6.10. The zero-order chi connectivity index (χ0) is 23.7. The summed E-state index contributed by atoms with van der Waals surface area (Å²) in [7, 11) is 3.17. The largest absolute Gasteiger partial charge is 0.493 e. The van der Waals surface area contributed by atoms with Gasteiger partial charge >= 0.3 is 0 Å². The number of para-hydroxylation sites is 1. The Balaban J connectivity index is 1.54. The Morgan fingerprint density at radius 1 is 1.06 bits per heavy atom. The number of hydrogen-bond acceptors (Lipinski definition) is 8. The number of benzene rings is 2. The molecule has 0 spiro atoms. The van der Waals surface area contributed by atoms with Crippen LogP contribution in [0.5, 0.6) is 11.5 Å². The van der Waals surface area contributed by atoms with E-state index in [4.69, 9.17) is 24.9 Å². The van der Waals surface area contributed by atoms with Crippen molar-refractivity contribution in [1.82, 2.24) is 14.9 Å². The standard InChI is InChI=1S/C25H29N5O4/c1-32-21-14-17-18(15-22(21)33-2)27-24(28-23(17)26)16-6-3-4-7-19(16)30-9-5-8-20(30)25(31)29-10-12-34-13-11-29/h3-4,6-7,14-15,20H,5,8-13H2,1-2H3,(H2,26,27,28)/t20-/m0/s1. The zero-order valence-corrected chi connectivity index (χ0v) is 19.5. The number of morpholine rings is 1. The Morgan fingerprint density at radius 3 is 2.56 bits per heavy atom. The molecule has 34 heavy (non-hydrogen) atoms. The van der Waals surface area contributed by atoms with Crippen molar-refractivity contribution in [1.29, 1.82) is 0 Å². The van der Waals surface area contributed by atoms with Gasteiger partial charge in [0.05, 0.1) is 33.0 Å². The maximum absolute atomic E-state index is 13.3. The number of carbonyl (C=O) groups is 1. The molecule has 5 rings (SSSR count). The van der Waals surface area contributed by atoms with Gasteiger partial charge in [0.15, 0.2) is 17.3 Å². The maximum atomic E-state index is 13.3. The maximum Gasteiger partial charge on any atom is 0.245 e. The molecule has 178 valence electrons. The third-order valence-corrected chi connectivity index (χ3v) is 6.55. The molecule has 2 saturated heterocycles. The Hall–Kier alpha value is -3.59. The summed E-state index contributed by atoms with van der Waals surface area (Å²) in [6.45, 7) is 3.26. The zero-order valence-electron chi connectivity index (χ0n) is 19.5. The SMILES string of the molecule is COc1cc2nc(-c3ccccc3N3CCC[C@H]3C(=O)N3CCOCC3)nc(N)c2cc1OC. The number of carbonyl (C=O) groups excluding carboxylic acids is 1. The Labute approximate surface area is 198 Å². The molecule has 2 aromatic carbocycles. The van der Waals surface area contributed by atoms with Gasteiger partial charge in [-0.15, -0.1) is 0 Å². The van der Waals surface area contributed by atoms with Crippen LogP contribution in [-0.2, 0) is 9.53 Å². The number of fused-ring (bicyclic) bond motifs is 1. The smallest absolute Gasteiger partial charge is 0.245 e. The molecular formula is C25H29N5O4. The molecule has 0 bridgehead atoms. The first-order valence-electron chi connectivity index (χ1n) is 11.5. The van der Waals surface area contributed by atoms with E-state index in [1.165, 1.54) is 0 Å². The molecule has 0 aliphatic carbocycles. The lowest BCUT2D eigenvalue weighted by molar-refractivity contribution is -0.136. The molecule has 9 nitrogen and oxygen atoms in total. The summed E-state index contributed by atoms with van der Waals surface area (Å²) < 4.78 is 16.3. The molecule has 2 N–H and O–H groups in total. The lowest BCUT2D eigenvalue weighted by atomic mass is 10.1. The van der Waals surface area contributed by atoms with Gasteiger partial charge in [-0.25, -0.2) is 9.97 Å². The molecule has 3 heterocycles. The summed E-state index contributed by atoms with van der Waals surface area (Å²) in [6.07, 6.45) is 1.77.